The highest BCUT2D eigenvalue weighted by atomic mass is 35.5. The van der Waals surface area contributed by atoms with Gasteiger partial charge in [-0.15, -0.1) is 0 Å². The van der Waals surface area contributed by atoms with Crippen LogP contribution in [0, 0.1) is 0 Å². The topological polar surface area (TPSA) is 43.9 Å². The van der Waals surface area contributed by atoms with Crippen LogP contribution in [0.2, 0.25) is 10.0 Å². The number of hydrogen-bond acceptors (Lipinski definition) is 4. The Kier molecular flexibility index (Phi) is 5.98. The summed E-state index contributed by atoms with van der Waals surface area (Å²) in [5, 5.41) is 0.764. The van der Waals surface area contributed by atoms with Crippen molar-refractivity contribution >= 4 is 34.9 Å². The molecule has 2 fully saturated rings. The summed E-state index contributed by atoms with van der Waals surface area (Å²) < 4.78 is 0. The summed E-state index contributed by atoms with van der Waals surface area (Å²) in [4.78, 5) is 32.8. The number of ketones is 1. The van der Waals surface area contributed by atoms with E-state index in [-0.39, 0.29) is 24.2 Å². The summed E-state index contributed by atoms with van der Waals surface area (Å²) in [5.74, 6) is -0.404. The average molecular weight is 424 g/mol. The van der Waals surface area contributed by atoms with Gasteiger partial charge in [0.1, 0.15) is 0 Å². The predicted octanol–water partition coefficient (Wildman–Crippen LogP) is 3.29. The number of rotatable bonds is 3. The lowest BCUT2D eigenvalue weighted by Gasteiger charge is -2.43. The number of fused-ring (bicyclic) bond motifs is 1. The molecule has 28 heavy (non-hydrogen) atoms. The van der Waals surface area contributed by atoms with Gasteiger partial charge in [0.15, 0.2) is 5.78 Å². The zero-order valence-electron chi connectivity index (χ0n) is 16.3. The van der Waals surface area contributed by atoms with Crippen molar-refractivity contribution in [3.8, 4) is 0 Å². The van der Waals surface area contributed by atoms with Gasteiger partial charge in [-0.2, -0.15) is 0 Å². The lowest BCUT2D eigenvalue weighted by Crippen LogP contribution is -2.59. The fourth-order valence-electron chi connectivity index (χ4n) is 4.81. The highest BCUT2D eigenvalue weighted by Gasteiger charge is 2.40. The fourth-order valence-corrected chi connectivity index (χ4v) is 5.15. The second-order valence-electron chi connectivity index (χ2n) is 8.34. The molecule has 2 heterocycles. The van der Waals surface area contributed by atoms with E-state index in [4.69, 9.17) is 23.2 Å². The van der Waals surface area contributed by atoms with Gasteiger partial charge in [0.2, 0.25) is 5.91 Å². The van der Waals surface area contributed by atoms with E-state index in [2.05, 4.69) is 16.8 Å². The highest BCUT2D eigenvalue weighted by molar-refractivity contribution is 6.42. The van der Waals surface area contributed by atoms with Crippen molar-refractivity contribution in [3.05, 3.63) is 33.3 Å². The Hall–Kier alpha value is -1.14. The molecule has 1 amide bonds. The molecule has 1 aliphatic carbocycles. The number of halogens is 2. The van der Waals surface area contributed by atoms with Gasteiger partial charge in [0.05, 0.1) is 22.0 Å². The summed E-state index contributed by atoms with van der Waals surface area (Å²) in [6.07, 6.45) is 3.99. The third kappa shape index (κ3) is 3.95. The number of nitrogens with zero attached hydrogens (tertiary/aromatic N) is 3. The van der Waals surface area contributed by atoms with Crippen molar-refractivity contribution < 1.29 is 9.59 Å². The van der Waals surface area contributed by atoms with Crippen LogP contribution in [0.4, 0.5) is 0 Å². The molecule has 2 atom stereocenters. The maximum Gasteiger partial charge on any atom is 0.230 e. The quantitative estimate of drug-likeness (QED) is 0.747. The number of piperazine rings is 1. The average Bonchev–Trinajstić information content (AvgIpc) is 2.98. The van der Waals surface area contributed by atoms with Crippen LogP contribution in [0.3, 0.4) is 0 Å². The molecule has 2 unspecified atom stereocenters. The Labute approximate surface area is 176 Å². The van der Waals surface area contributed by atoms with E-state index in [1.54, 1.807) is 12.1 Å². The first-order chi connectivity index (χ1) is 13.4. The van der Waals surface area contributed by atoms with Crippen LogP contribution >= 0.6 is 23.2 Å². The standard InChI is InChI=1S/C21H27Cl2N3O2/c1-24-7-8-26(14(12-24)13-25-5-3-2-4-6-25)21(28)17-11-20(27)16-10-19(23)18(22)9-15(16)17/h9-10,14,17H,2-8,11-13H2,1H3. The van der Waals surface area contributed by atoms with Crippen LogP contribution in [0.1, 0.15) is 47.5 Å². The third-order valence-electron chi connectivity index (χ3n) is 6.34. The van der Waals surface area contributed by atoms with E-state index in [0.717, 1.165) is 38.3 Å². The molecule has 0 saturated carbocycles. The monoisotopic (exact) mass is 423 g/mol. The molecule has 4 rings (SSSR count). The van der Waals surface area contributed by atoms with Gasteiger partial charge >= 0.3 is 0 Å². The summed E-state index contributed by atoms with van der Waals surface area (Å²) in [6.45, 7) is 5.57. The molecular formula is C21H27Cl2N3O2. The molecule has 2 aliphatic heterocycles. The van der Waals surface area contributed by atoms with Crippen LogP contribution < -0.4 is 0 Å². The van der Waals surface area contributed by atoms with Crippen molar-refractivity contribution in [2.24, 2.45) is 0 Å². The summed E-state index contributed by atoms with van der Waals surface area (Å²) in [7, 11) is 2.11. The van der Waals surface area contributed by atoms with E-state index in [1.165, 1.54) is 19.3 Å². The van der Waals surface area contributed by atoms with Crippen LogP contribution in [0.25, 0.3) is 0 Å². The minimum Gasteiger partial charge on any atom is -0.335 e. The zero-order chi connectivity index (χ0) is 19.8. The van der Waals surface area contributed by atoms with Gasteiger partial charge in [-0.25, -0.2) is 0 Å². The molecule has 5 nitrogen and oxygen atoms in total. The molecule has 2 saturated heterocycles. The van der Waals surface area contributed by atoms with Crippen LogP contribution in [-0.4, -0.2) is 78.7 Å². The van der Waals surface area contributed by atoms with Crippen LogP contribution in [0.5, 0.6) is 0 Å². The van der Waals surface area contributed by atoms with Gasteiger partial charge < -0.3 is 14.7 Å². The van der Waals surface area contributed by atoms with Gasteiger partial charge in [-0.3, -0.25) is 9.59 Å². The second kappa shape index (κ2) is 8.31. The van der Waals surface area contributed by atoms with Crippen molar-refractivity contribution in [1.29, 1.82) is 0 Å². The number of benzene rings is 1. The van der Waals surface area contributed by atoms with E-state index in [0.29, 0.717) is 22.2 Å². The molecule has 0 spiro atoms. The highest BCUT2D eigenvalue weighted by Crippen LogP contribution is 2.39. The van der Waals surface area contributed by atoms with Gasteiger partial charge in [0.25, 0.3) is 0 Å². The smallest absolute Gasteiger partial charge is 0.230 e. The molecule has 7 heteroatoms. The third-order valence-corrected chi connectivity index (χ3v) is 7.06. The number of piperidine rings is 1. The number of carbonyl (C=O) groups excluding carboxylic acids is 2. The maximum absolute atomic E-state index is 13.5. The lowest BCUT2D eigenvalue weighted by molar-refractivity contribution is -0.138. The Bertz CT molecular complexity index is 779. The first-order valence-corrected chi connectivity index (χ1v) is 10.9. The number of likely N-dealkylation sites (N-methyl/N-ethyl adjacent to an activating group) is 1. The summed E-state index contributed by atoms with van der Waals surface area (Å²) >= 11 is 12.3. The number of Topliss-reactive ketones (excluding diaryl/α,β-unsaturated/α-hetero) is 1. The summed E-state index contributed by atoms with van der Waals surface area (Å²) in [5.41, 5.74) is 1.29. The minimum atomic E-state index is -0.440. The van der Waals surface area contributed by atoms with E-state index >= 15 is 0 Å². The van der Waals surface area contributed by atoms with Crippen LogP contribution in [-0.2, 0) is 4.79 Å². The van der Waals surface area contributed by atoms with Gasteiger partial charge in [0, 0.05) is 38.2 Å². The number of carbonyl (C=O) groups is 2. The Morgan fingerprint density at radius 1 is 1.07 bits per heavy atom. The Morgan fingerprint density at radius 2 is 1.79 bits per heavy atom. The van der Waals surface area contributed by atoms with Crippen molar-refractivity contribution in [2.45, 2.75) is 37.6 Å². The molecule has 0 aromatic heterocycles. The van der Waals surface area contributed by atoms with Gasteiger partial charge in [-0.05, 0) is 50.7 Å². The van der Waals surface area contributed by atoms with Crippen molar-refractivity contribution in [3.63, 3.8) is 0 Å². The van der Waals surface area contributed by atoms with Crippen molar-refractivity contribution in [2.75, 3.05) is 46.3 Å². The number of amides is 1. The molecule has 1 aromatic carbocycles. The van der Waals surface area contributed by atoms with E-state index in [1.807, 2.05) is 4.90 Å². The van der Waals surface area contributed by atoms with Crippen molar-refractivity contribution in [1.82, 2.24) is 14.7 Å². The minimum absolute atomic E-state index is 0.0198. The predicted molar refractivity (Wildman–Crippen MR) is 111 cm³/mol. The molecule has 0 bridgehead atoms. The molecular weight excluding hydrogens is 397 g/mol. The molecule has 3 aliphatic rings. The zero-order valence-corrected chi connectivity index (χ0v) is 17.8. The fraction of sp³-hybridized carbons (Fsp3) is 0.619. The van der Waals surface area contributed by atoms with Crippen LogP contribution in [0.15, 0.2) is 12.1 Å². The van der Waals surface area contributed by atoms with E-state index < -0.39 is 5.92 Å². The second-order valence-corrected chi connectivity index (χ2v) is 9.16. The lowest BCUT2D eigenvalue weighted by atomic mass is 9.97. The normalized spacial score (nSPS) is 26.5. The maximum atomic E-state index is 13.5. The Morgan fingerprint density at radius 3 is 2.54 bits per heavy atom. The van der Waals surface area contributed by atoms with Gasteiger partial charge in [-0.1, -0.05) is 29.6 Å². The molecule has 152 valence electrons. The molecule has 0 N–H and O–H groups in total. The first kappa shape index (κ1) is 20.1. The molecule has 1 aromatic rings. The molecule has 0 radical (unpaired) electrons. The Balaban J connectivity index is 1.56. The van der Waals surface area contributed by atoms with E-state index in [9.17, 15) is 9.59 Å². The largest absolute Gasteiger partial charge is 0.335 e. The number of likely N-dealkylation sites (tertiary alicyclic amines) is 1. The summed E-state index contributed by atoms with van der Waals surface area (Å²) in [6, 6.07) is 3.48. The SMILES string of the molecule is CN1CCN(C(=O)C2CC(=O)c3cc(Cl)c(Cl)cc32)C(CN2CCCCC2)C1. The number of hydrogen-bond donors (Lipinski definition) is 0. The first-order valence-electron chi connectivity index (χ1n) is 10.2.